The lowest BCUT2D eigenvalue weighted by atomic mass is 10.0. The van der Waals surface area contributed by atoms with Gasteiger partial charge in [0.15, 0.2) is 6.10 Å². The minimum atomic E-state index is -0.549. The lowest BCUT2D eigenvalue weighted by Gasteiger charge is -2.25. The minimum absolute atomic E-state index is 0.0298. The minimum Gasteiger partial charge on any atom is -0.390 e. The van der Waals surface area contributed by atoms with Crippen LogP contribution in [0.3, 0.4) is 0 Å². The Bertz CT molecular complexity index is 1110. The van der Waals surface area contributed by atoms with Crippen molar-refractivity contribution in [1.29, 1.82) is 0 Å². The zero-order chi connectivity index (χ0) is 21.8. The summed E-state index contributed by atoms with van der Waals surface area (Å²) >= 11 is 6.11. The van der Waals surface area contributed by atoms with Gasteiger partial charge in [-0.3, -0.25) is 4.79 Å². The third-order valence-electron chi connectivity index (χ3n) is 5.20. The summed E-state index contributed by atoms with van der Waals surface area (Å²) in [7, 11) is 0. The normalized spacial score (nSPS) is 15.3. The number of hydrogen-bond donors (Lipinski definition) is 0. The highest BCUT2D eigenvalue weighted by molar-refractivity contribution is 6.30. The molecule has 1 heterocycles. The number of aryl methyl sites for hydroxylation is 1. The van der Waals surface area contributed by atoms with E-state index in [0.29, 0.717) is 11.4 Å². The molecule has 1 atom stereocenters. The van der Waals surface area contributed by atoms with E-state index >= 15 is 0 Å². The maximum absolute atomic E-state index is 14.3. The Morgan fingerprint density at radius 1 is 1.13 bits per heavy atom. The van der Waals surface area contributed by atoms with E-state index in [-0.39, 0.29) is 24.8 Å². The predicted octanol–water partition coefficient (Wildman–Crippen LogP) is 5.62. The summed E-state index contributed by atoms with van der Waals surface area (Å²) in [5.41, 5.74) is 3.89. The monoisotopic (exact) mass is 436 g/mol. The zero-order valence-corrected chi connectivity index (χ0v) is 17.8. The molecule has 0 spiro atoms. The Hall–Kier alpha value is -3.18. The van der Waals surface area contributed by atoms with Crippen molar-refractivity contribution in [3.63, 3.8) is 0 Å². The van der Waals surface area contributed by atoms with Crippen molar-refractivity contribution >= 4 is 23.2 Å². The van der Waals surface area contributed by atoms with Crippen LogP contribution in [0.1, 0.15) is 33.5 Å². The Kier molecular flexibility index (Phi) is 6.33. The van der Waals surface area contributed by atoms with Gasteiger partial charge in [0, 0.05) is 18.0 Å². The number of hydrogen-bond acceptors (Lipinski definition) is 3. The lowest BCUT2D eigenvalue weighted by molar-refractivity contribution is 0.0402. The van der Waals surface area contributed by atoms with Gasteiger partial charge in [0.05, 0.1) is 17.8 Å². The molecule has 0 N–H and O–H groups in total. The molecule has 0 aliphatic carbocycles. The highest BCUT2D eigenvalue weighted by Crippen LogP contribution is 2.21. The first kappa shape index (κ1) is 21.1. The average molecular weight is 437 g/mol. The fraction of sp³-hybridized carbons (Fsp3) is 0.200. The summed E-state index contributed by atoms with van der Waals surface area (Å²) < 4.78 is 14.3. The second-order valence-electron chi connectivity index (χ2n) is 7.63. The van der Waals surface area contributed by atoms with Crippen LogP contribution in [0.2, 0.25) is 5.02 Å². The molecule has 0 aromatic heterocycles. The number of carbonyl (C=O) groups excluding carboxylic acids is 1. The highest BCUT2D eigenvalue weighted by Gasteiger charge is 2.28. The summed E-state index contributed by atoms with van der Waals surface area (Å²) in [6, 6.07) is 21.3. The van der Waals surface area contributed by atoms with E-state index in [4.69, 9.17) is 16.4 Å². The van der Waals surface area contributed by atoms with Crippen LogP contribution in [0, 0.1) is 12.7 Å². The van der Waals surface area contributed by atoms with Crippen molar-refractivity contribution < 1.29 is 14.0 Å². The number of amides is 1. The van der Waals surface area contributed by atoms with Gasteiger partial charge in [0.2, 0.25) is 0 Å². The molecule has 0 radical (unpaired) electrons. The fourth-order valence-corrected chi connectivity index (χ4v) is 3.78. The smallest absolute Gasteiger partial charge is 0.257 e. The van der Waals surface area contributed by atoms with E-state index in [2.05, 4.69) is 5.16 Å². The van der Waals surface area contributed by atoms with E-state index in [0.717, 1.165) is 16.8 Å². The van der Waals surface area contributed by atoms with Crippen molar-refractivity contribution in [3.05, 3.63) is 106 Å². The number of oxime groups is 1. The molecule has 0 saturated heterocycles. The van der Waals surface area contributed by atoms with Crippen LogP contribution in [0.5, 0.6) is 0 Å². The number of halogens is 2. The van der Waals surface area contributed by atoms with Crippen LogP contribution >= 0.6 is 11.6 Å². The topological polar surface area (TPSA) is 41.9 Å². The summed E-state index contributed by atoms with van der Waals surface area (Å²) in [5.74, 6) is -0.946. The first-order valence-corrected chi connectivity index (χ1v) is 10.5. The Morgan fingerprint density at radius 2 is 1.90 bits per heavy atom. The second kappa shape index (κ2) is 9.31. The van der Waals surface area contributed by atoms with Crippen molar-refractivity contribution in [2.24, 2.45) is 5.16 Å². The van der Waals surface area contributed by atoms with Crippen LogP contribution in [0.15, 0.2) is 78.0 Å². The maximum atomic E-state index is 14.3. The van der Waals surface area contributed by atoms with Crippen LogP contribution in [-0.2, 0) is 11.4 Å². The van der Waals surface area contributed by atoms with E-state index in [9.17, 15) is 9.18 Å². The second-order valence-corrected chi connectivity index (χ2v) is 8.07. The molecule has 3 aromatic rings. The van der Waals surface area contributed by atoms with Crippen LogP contribution in [0.25, 0.3) is 0 Å². The van der Waals surface area contributed by atoms with E-state index in [1.807, 2.05) is 43.3 Å². The van der Waals surface area contributed by atoms with Gasteiger partial charge in [-0.05, 0) is 42.3 Å². The molecule has 4 rings (SSSR count). The largest absolute Gasteiger partial charge is 0.390 e. The van der Waals surface area contributed by atoms with E-state index in [1.165, 1.54) is 17.7 Å². The predicted molar refractivity (Wildman–Crippen MR) is 120 cm³/mol. The molecule has 4 nitrogen and oxygen atoms in total. The van der Waals surface area contributed by atoms with E-state index < -0.39 is 11.7 Å². The van der Waals surface area contributed by atoms with Crippen molar-refractivity contribution in [2.45, 2.75) is 26.0 Å². The molecule has 6 heteroatoms. The van der Waals surface area contributed by atoms with Gasteiger partial charge in [-0.25, -0.2) is 4.39 Å². The van der Waals surface area contributed by atoms with Gasteiger partial charge in [0.25, 0.3) is 5.91 Å². The molecular formula is C25H22ClFN2O2. The quantitative estimate of drug-likeness (QED) is 0.503. The molecule has 1 amide bonds. The summed E-state index contributed by atoms with van der Waals surface area (Å²) in [5, 5.41) is 4.81. The Morgan fingerprint density at radius 3 is 2.65 bits per heavy atom. The van der Waals surface area contributed by atoms with Gasteiger partial charge < -0.3 is 9.74 Å². The first-order valence-electron chi connectivity index (χ1n) is 10.1. The third-order valence-corrected chi connectivity index (χ3v) is 5.43. The molecule has 158 valence electrons. The molecule has 31 heavy (non-hydrogen) atoms. The molecule has 1 aliphatic heterocycles. The van der Waals surface area contributed by atoms with Gasteiger partial charge in [-0.2, -0.15) is 0 Å². The summed E-state index contributed by atoms with van der Waals surface area (Å²) in [6.07, 6.45) is 0.255. The zero-order valence-electron chi connectivity index (χ0n) is 17.1. The lowest BCUT2D eigenvalue weighted by Crippen LogP contribution is -2.37. The van der Waals surface area contributed by atoms with Gasteiger partial charge in [-0.1, -0.05) is 70.9 Å². The van der Waals surface area contributed by atoms with Gasteiger partial charge in [0.1, 0.15) is 5.82 Å². The average Bonchev–Trinajstić information content (AvgIpc) is 3.22. The Balaban J connectivity index is 1.53. The van der Waals surface area contributed by atoms with Crippen molar-refractivity contribution in [3.8, 4) is 0 Å². The summed E-state index contributed by atoms with van der Waals surface area (Å²) in [4.78, 5) is 20.4. The Labute approximate surface area is 185 Å². The molecule has 3 aromatic carbocycles. The molecule has 1 unspecified atom stereocenters. The van der Waals surface area contributed by atoms with Crippen LogP contribution in [-0.4, -0.2) is 29.2 Å². The van der Waals surface area contributed by atoms with Crippen molar-refractivity contribution in [1.82, 2.24) is 4.90 Å². The number of carbonyl (C=O) groups is 1. The van der Waals surface area contributed by atoms with E-state index in [1.54, 1.807) is 29.2 Å². The third kappa shape index (κ3) is 5.12. The molecule has 0 saturated carbocycles. The fourth-order valence-electron chi connectivity index (χ4n) is 3.57. The number of benzene rings is 3. The molecule has 0 bridgehead atoms. The number of rotatable bonds is 6. The number of nitrogens with zero attached hydrogens (tertiary/aromatic N) is 2. The summed E-state index contributed by atoms with van der Waals surface area (Å²) in [6.45, 7) is 2.59. The molecule has 0 fully saturated rings. The SMILES string of the molecule is Cc1ccc(C2=NOC(CN(Cc3cccc(Cl)c3)C(=O)c3ccccc3F)C2)cc1. The maximum Gasteiger partial charge on any atom is 0.257 e. The van der Waals surface area contributed by atoms with Crippen molar-refractivity contribution in [2.75, 3.05) is 6.54 Å². The molecule has 1 aliphatic rings. The molecular weight excluding hydrogens is 415 g/mol. The van der Waals surface area contributed by atoms with Crippen LogP contribution < -0.4 is 0 Å². The standard InChI is InChI=1S/C25H22ClFN2O2/c1-17-9-11-19(12-10-17)24-14-21(31-28-24)16-29(15-18-5-4-6-20(26)13-18)25(30)22-7-2-3-8-23(22)27/h2-13,21H,14-16H2,1H3. The van der Waals surface area contributed by atoms with Gasteiger partial charge in [-0.15, -0.1) is 0 Å². The van der Waals surface area contributed by atoms with Gasteiger partial charge >= 0.3 is 0 Å². The highest BCUT2D eigenvalue weighted by atomic mass is 35.5. The van der Waals surface area contributed by atoms with Crippen LogP contribution in [0.4, 0.5) is 4.39 Å². The first-order chi connectivity index (χ1) is 15.0.